The number of nitrogens with two attached hydrogens (primary N) is 1. The maximum Gasteiger partial charge on any atom is 0.498 e. The van der Waals surface area contributed by atoms with Crippen LogP contribution >= 0.6 is 11.6 Å². The number of aryl methyl sites for hydroxylation is 6. The van der Waals surface area contributed by atoms with Crippen molar-refractivity contribution in [3.05, 3.63) is 192 Å². The summed E-state index contributed by atoms with van der Waals surface area (Å²) in [5.41, 5.74) is 9.57. The lowest BCUT2D eigenvalue weighted by Crippen LogP contribution is -2.56. The molecule has 5 amide bonds. The average Bonchev–Trinajstić information content (AvgIpc) is 1.63. The zero-order valence-electron chi connectivity index (χ0n) is 73.0. The molecule has 0 unspecified atom stereocenters. The standard InChI is InChI=1S/C31H44BFN2O5.C25H34BFN2O5.C16H26N2O.C15H19BClFO4/c1-12-24(29(4,5)6)35(28(37)22-16-19(2)15-20(3)17-22)34-27(36)23-14-13-21(18-38-11)25(26(23)33)32-39-30(7,8)31(9,10)40-32;1-8-20(25(4,5)6)29(24(31)18-12-15(2)11-16(3)13-18)28-23(30)19-10-9-17(14-34-7)21(22(19)27)26(32)33;1-7-14(16(4,5)6)18(17)15(19)13-9-11(2)8-12(3)10-13;1-14(2)15(3,4)22-16(21-14)11-9(8-20-5)6-7-10(12(11)18)13(17)19/h13-17,24H,12,18H2,1-11H3,(H,34,36);9-13,20,32-33H,8,14H2,1-7H3,(H,28,30);8-10,14H,7,17H2,1-6H3;6-7H,8H2,1-5H3/t24-;20-;14-;/m111./s1. The van der Waals surface area contributed by atoms with E-state index in [4.69, 9.17) is 50.3 Å². The monoisotopic (exact) mass is 1620 g/mol. The Balaban J connectivity index is 0.000000285. The molecular weight excluding hydrogens is 1490 g/mol. The van der Waals surface area contributed by atoms with Crippen LogP contribution in [0.1, 0.15) is 270 Å². The number of nitrogens with one attached hydrogen (secondary N) is 2. The molecule has 3 atom stereocenters. The van der Waals surface area contributed by atoms with Crippen LogP contribution < -0.4 is 33.1 Å². The number of hydrogen-bond donors (Lipinski definition) is 5. The first kappa shape index (κ1) is 97.8. The number of benzene rings is 6. The predicted octanol–water partition coefficient (Wildman–Crippen LogP) is 14.5. The SMILES string of the molecule is CC[C@@H](N(N)C(=O)c1cc(C)cc(C)c1)C(C)(C)C.CC[C@@H](N(NC(=O)c1ccc(COC)c(B(O)O)c1F)C(=O)c1cc(C)cc(C)c1)C(C)(C)C.CC[C@@H](N(NC(=O)c1ccc(COC)c(B2OC(C)(C)C(C)(C)O2)c1F)C(=O)c1cc(C)cc(C)c1)C(C)(C)C.COCc1ccc(C(=O)Cl)c(F)c1B1OC(C)(C)C(C)(C)O1. The third-order valence-electron chi connectivity index (χ3n) is 21.3. The highest BCUT2D eigenvalue weighted by molar-refractivity contribution is 6.68. The zero-order valence-corrected chi connectivity index (χ0v) is 73.8. The summed E-state index contributed by atoms with van der Waals surface area (Å²) >= 11 is 5.44. The lowest BCUT2D eigenvalue weighted by atomic mass is 9.74. The second-order valence-corrected chi connectivity index (χ2v) is 35.4. The summed E-state index contributed by atoms with van der Waals surface area (Å²) in [6.07, 6.45) is 1.96. The number of hydrazine groups is 3. The second-order valence-electron chi connectivity index (χ2n) is 35.1. The highest BCUT2D eigenvalue weighted by Crippen LogP contribution is 2.40. The van der Waals surface area contributed by atoms with Crippen LogP contribution in [0.25, 0.3) is 0 Å². The van der Waals surface area contributed by atoms with Crippen molar-refractivity contribution >= 4 is 84.1 Å². The average molecular weight is 1620 g/mol. The minimum atomic E-state index is -2.14. The van der Waals surface area contributed by atoms with Gasteiger partial charge in [-0.25, -0.2) is 29.0 Å². The van der Waals surface area contributed by atoms with Gasteiger partial charge in [-0.1, -0.05) is 153 Å². The van der Waals surface area contributed by atoms with Crippen molar-refractivity contribution in [1.82, 2.24) is 25.9 Å². The van der Waals surface area contributed by atoms with Crippen LogP contribution in [0.15, 0.2) is 91.0 Å². The Hall–Kier alpha value is -7.79. The van der Waals surface area contributed by atoms with Crippen LogP contribution in [-0.2, 0) is 52.6 Å². The minimum absolute atomic E-state index is 0.0285. The van der Waals surface area contributed by atoms with Gasteiger partial charge in [-0.2, -0.15) is 0 Å². The van der Waals surface area contributed by atoms with Gasteiger partial charge in [0, 0.05) is 54.4 Å². The summed E-state index contributed by atoms with van der Waals surface area (Å²) in [4.78, 5) is 78.2. The Kier molecular flexibility index (Phi) is 33.7. The van der Waals surface area contributed by atoms with E-state index in [1.54, 1.807) is 36.4 Å². The van der Waals surface area contributed by atoms with E-state index < -0.39 is 107 Å². The fraction of sp³-hybridized carbons (Fsp3) is 0.517. The summed E-state index contributed by atoms with van der Waals surface area (Å²) in [5, 5.41) is 22.5. The van der Waals surface area contributed by atoms with E-state index in [9.17, 15) is 43.2 Å². The van der Waals surface area contributed by atoms with Gasteiger partial charge in [-0.3, -0.25) is 44.6 Å². The van der Waals surface area contributed by atoms with Crippen LogP contribution in [0.3, 0.4) is 0 Å². The van der Waals surface area contributed by atoms with Crippen molar-refractivity contribution in [2.45, 2.75) is 260 Å². The molecule has 21 nitrogen and oxygen atoms in total. The molecule has 0 saturated carbocycles. The maximum atomic E-state index is 16.3. The van der Waals surface area contributed by atoms with Crippen molar-refractivity contribution in [3.8, 4) is 0 Å². The molecule has 0 spiro atoms. The van der Waals surface area contributed by atoms with Gasteiger partial charge >= 0.3 is 21.4 Å². The van der Waals surface area contributed by atoms with Gasteiger partial charge in [0.25, 0.3) is 34.8 Å². The smallest absolute Gasteiger partial charge is 0.423 e. The number of rotatable bonds is 21. The van der Waals surface area contributed by atoms with E-state index in [2.05, 4.69) is 44.6 Å². The third kappa shape index (κ3) is 24.2. The summed E-state index contributed by atoms with van der Waals surface area (Å²) in [7, 11) is 0.316. The van der Waals surface area contributed by atoms with Crippen LogP contribution in [0.5, 0.6) is 0 Å². The Morgan fingerprint density at radius 2 is 0.730 bits per heavy atom. The first-order chi connectivity index (χ1) is 53.0. The molecule has 628 valence electrons. The van der Waals surface area contributed by atoms with Crippen molar-refractivity contribution < 1.29 is 84.8 Å². The zero-order chi connectivity index (χ0) is 87.5. The highest BCUT2D eigenvalue weighted by atomic mass is 35.5. The van der Waals surface area contributed by atoms with Crippen molar-refractivity contribution in [1.29, 1.82) is 0 Å². The molecule has 0 bridgehead atoms. The van der Waals surface area contributed by atoms with Crippen LogP contribution in [0, 0.1) is 75.2 Å². The number of nitrogens with zero attached hydrogens (tertiary/aromatic N) is 3. The van der Waals surface area contributed by atoms with Gasteiger partial charge in [0.15, 0.2) is 0 Å². The first-order valence-electron chi connectivity index (χ1n) is 38.8. The van der Waals surface area contributed by atoms with Crippen LogP contribution in [-0.4, -0.2) is 143 Å². The molecule has 2 aliphatic heterocycles. The molecule has 2 fully saturated rings. The molecule has 2 saturated heterocycles. The van der Waals surface area contributed by atoms with E-state index in [1.165, 1.54) is 60.6 Å². The second kappa shape index (κ2) is 39.6. The number of carbonyl (C=O) groups excluding carboxylic acids is 6. The van der Waals surface area contributed by atoms with E-state index in [1.807, 2.05) is 177 Å². The normalized spacial score (nSPS) is 15.5. The molecule has 28 heteroatoms. The Labute approximate surface area is 686 Å². The summed E-state index contributed by atoms with van der Waals surface area (Å²) in [5.74, 6) is 1.01. The molecule has 2 heterocycles. The van der Waals surface area contributed by atoms with Gasteiger partial charge in [-0.15, -0.1) is 0 Å². The lowest BCUT2D eigenvalue weighted by molar-refractivity contribution is 0.00578. The lowest BCUT2D eigenvalue weighted by Gasteiger charge is -2.39. The maximum absolute atomic E-state index is 16.3. The first-order valence-corrected chi connectivity index (χ1v) is 39.2. The summed E-state index contributed by atoms with van der Waals surface area (Å²) in [6, 6.07) is 24.7. The van der Waals surface area contributed by atoms with E-state index in [0.29, 0.717) is 40.7 Å². The van der Waals surface area contributed by atoms with E-state index in [-0.39, 0.29) is 82.2 Å². The van der Waals surface area contributed by atoms with Crippen molar-refractivity contribution in [2.75, 3.05) is 21.3 Å². The van der Waals surface area contributed by atoms with E-state index >= 15 is 8.78 Å². The Bertz CT molecular complexity index is 4370. The molecule has 115 heavy (non-hydrogen) atoms. The van der Waals surface area contributed by atoms with Gasteiger partial charge in [0.1, 0.15) is 17.5 Å². The van der Waals surface area contributed by atoms with Crippen molar-refractivity contribution in [3.63, 3.8) is 0 Å². The third-order valence-corrected chi connectivity index (χ3v) is 21.5. The number of amides is 5. The topological polar surface area (TPSA) is 267 Å². The van der Waals surface area contributed by atoms with Gasteiger partial charge in [-0.05, 0) is 215 Å². The molecule has 2 aliphatic rings. The fourth-order valence-electron chi connectivity index (χ4n) is 14.3. The van der Waals surface area contributed by atoms with Crippen LogP contribution in [0.2, 0.25) is 0 Å². The molecule has 0 aliphatic carbocycles. The van der Waals surface area contributed by atoms with Crippen LogP contribution in [0.4, 0.5) is 13.2 Å². The molecule has 6 aromatic carbocycles. The fourth-order valence-corrected chi connectivity index (χ4v) is 14.4. The summed E-state index contributed by atoms with van der Waals surface area (Å²) < 4.78 is 85.6. The van der Waals surface area contributed by atoms with Gasteiger partial charge < -0.3 is 42.9 Å². The Morgan fingerprint density at radius 3 is 1.01 bits per heavy atom. The molecular formula is C87H123B3ClF3N6O15. The van der Waals surface area contributed by atoms with Crippen molar-refractivity contribution in [2.24, 2.45) is 22.1 Å². The highest BCUT2D eigenvalue weighted by Gasteiger charge is 2.55. The van der Waals surface area contributed by atoms with Gasteiger partial charge in [0.05, 0.1) is 77.0 Å². The molecule has 0 aromatic heterocycles. The number of halogens is 4. The summed E-state index contributed by atoms with van der Waals surface area (Å²) in [6.45, 7) is 50.9. The minimum Gasteiger partial charge on any atom is -0.423 e. The van der Waals surface area contributed by atoms with Gasteiger partial charge in [0.2, 0.25) is 0 Å². The Morgan fingerprint density at radius 1 is 0.461 bits per heavy atom. The predicted molar refractivity (Wildman–Crippen MR) is 449 cm³/mol. The molecule has 6 aromatic rings. The van der Waals surface area contributed by atoms with E-state index in [0.717, 1.165) is 39.8 Å². The molecule has 0 radical (unpaired) electrons. The largest absolute Gasteiger partial charge is 0.498 e. The molecule has 6 N–H and O–H groups in total. The molecule has 8 rings (SSSR count). The quantitative estimate of drug-likeness (QED) is 0.0147. The number of methoxy groups -OCH3 is 3. The number of carbonyl (C=O) groups is 6. The number of hydrogen-bond acceptors (Lipinski definition) is 16. The number of ether oxygens (including phenoxy) is 3.